The highest BCUT2D eigenvalue weighted by Gasteiger charge is 2.14. The van der Waals surface area contributed by atoms with Gasteiger partial charge in [0, 0.05) is 11.8 Å². The van der Waals surface area contributed by atoms with Crippen LogP contribution >= 0.6 is 0 Å². The van der Waals surface area contributed by atoms with E-state index in [9.17, 15) is 15.0 Å². The van der Waals surface area contributed by atoms with Crippen LogP contribution in [0.1, 0.15) is 5.56 Å². The van der Waals surface area contributed by atoms with Crippen molar-refractivity contribution in [2.24, 2.45) is 5.73 Å². The van der Waals surface area contributed by atoms with E-state index in [1.165, 1.54) is 12.1 Å². The second-order valence-corrected chi connectivity index (χ2v) is 4.52. The number of amides is 1. The van der Waals surface area contributed by atoms with E-state index in [4.69, 9.17) is 5.73 Å². The number of nitrogens with two attached hydrogens (primary N) is 1. The van der Waals surface area contributed by atoms with Crippen LogP contribution in [0.3, 0.4) is 0 Å². The number of phenolic OH excluding ortho intramolecular Hbond substituents is 2. The Hall–Kier alpha value is -2.53. The smallest absolute Gasteiger partial charge is 0.241 e. The number of phenols is 2. The second kappa shape index (κ2) is 6.08. The highest BCUT2D eigenvalue weighted by molar-refractivity contribution is 5.95. The summed E-state index contributed by atoms with van der Waals surface area (Å²) in [6.07, 6.45) is 0.366. The van der Waals surface area contributed by atoms with E-state index in [-0.39, 0.29) is 17.4 Å². The van der Waals surface area contributed by atoms with Crippen LogP contribution in [0.15, 0.2) is 48.5 Å². The normalized spacial score (nSPS) is 11.8. The Morgan fingerprint density at radius 3 is 2.45 bits per heavy atom. The third-order valence-corrected chi connectivity index (χ3v) is 2.84. The Morgan fingerprint density at radius 1 is 1.10 bits per heavy atom. The lowest BCUT2D eigenvalue weighted by molar-refractivity contribution is -0.117. The van der Waals surface area contributed by atoms with Crippen molar-refractivity contribution in [3.8, 4) is 11.5 Å². The lowest BCUT2D eigenvalue weighted by atomic mass is 10.1. The minimum atomic E-state index is -0.707. The third kappa shape index (κ3) is 3.73. The van der Waals surface area contributed by atoms with Crippen molar-refractivity contribution in [1.29, 1.82) is 0 Å². The van der Waals surface area contributed by atoms with Gasteiger partial charge in [0.2, 0.25) is 5.91 Å². The fourth-order valence-corrected chi connectivity index (χ4v) is 1.80. The molecule has 5 heteroatoms. The van der Waals surface area contributed by atoms with Crippen LogP contribution in [0.5, 0.6) is 11.5 Å². The van der Waals surface area contributed by atoms with Crippen molar-refractivity contribution < 1.29 is 15.0 Å². The molecule has 0 unspecified atom stereocenters. The molecule has 0 spiro atoms. The zero-order valence-electron chi connectivity index (χ0n) is 10.8. The minimum Gasteiger partial charge on any atom is -0.508 e. The molecule has 0 aliphatic carbocycles. The van der Waals surface area contributed by atoms with E-state index in [2.05, 4.69) is 5.32 Å². The first-order chi connectivity index (χ1) is 9.54. The largest absolute Gasteiger partial charge is 0.508 e. The van der Waals surface area contributed by atoms with Gasteiger partial charge in [0.1, 0.15) is 11.5 Å². The minimum absolute atomic E-state index is 0.0786. The number of carbonyl (C=O) groups excluding carboxylic acids is 1. The number of nitrogens with one attached hydrogen (secondary N) is 1. The summed E-state index contributed by atoms with van der Waals surface area (Å²) in [5.74, 6) is -0.0786. The highest BCUT2D eigenvalue weighted by atomic mass is 16.3. The van der Waals surface area contributed by atoms with Gasteiger partial charge in [-0.2, -0.15) is 0 Å². The van der Waals surface area contributed by atoms with E-state index in [1.54, 1.807) is 36.4 Å². The molecule has 0 aliphatic rings. The summed E-state index contributed by atoms with van der Waals surface area (Å²) < 4.78 is 0. The first-order valence-corrected chi connectivity index (χ1v) is 6.18. The average Bonchev–Trinajstić information content (AvgIpc) is 2.41. The topological polar surface area (TPSA) is 95.6 Å². The van der Waals surface area contributed by atoms with Crippen LogP contribution in [0, 0.1) is 0 Å². The molecule has 0 fully saturated rings. The maximum atomic E-state index is 11.9. The monoisotopic (exact) mass is 272 g/mol. The van der Waals surface area contributed by atoms with Gasteiger partial charge in [0.15, 0.2) is 0 Å². The predicted molar refractivity (Wildman–Crippen MR) is 76.5 cm³/mol. The van der Waals surface area contributed by atoms with Crippen LogP contribution in [0.4, 0.5) is 5.69 Å². The lowest BCUT2D eigenvalue weighted by Crippen LogP contribution is -2.37. The Morgan fingerprint density at radius 2 is 1.80 bits per heavy atom. The molecular formula is C15H16N2O3. The molecular weight excluding hydrogens is 256 g/mol. The Labute approximate surface area is 116 Å². The van der Waals surface area contributed by atoms with Gasteiger partial charge >= 0.3 is 0 Å². The molecule has 0 heterocycles. The van der Waals surface area contributed by atoms with Crippen molar-refractivity contribution in [2.75, 3.05) is 5.32 Å². The number of hydrogen-bond donors (Lipinski definition) is 4. The summed E-state index contributed by atoms with van der Waals surface area (Å²) in [7, 11) is 0. The van der Waals surface area contributed by atoms with Crippen molar-refractivity contribution in [3.63, 3.8) is 0 Å². The molecule has 0 saturated carbocycles. The second-order valence-electron chi connectivity index (χ2n) is 4.52. The number of carbonyl (C=O) groups is 1. The molecule has 0 aromatic heterocycles. The van der Waals surface area contributed by atoms with Crippen LogP contribution in [0.2, 0.25) is 0 Å². The molecule has 104 valence electrons. The standard InChI is InChI=1S/C15H16N2O3/c16-14(8-10-4-6-12(18)7-5-10)15(20)17-11-2-1-3-13(19)9-11/h1-7,9,14,18-19H,8,16H2,(H,17,20)/t14-/m1/s1. The van der Waals surface area contributed by atoms with E-state index >= 15 is 0 Å². The van der Waals surface area contributed by atoms with Crippen LogP contribution in [0.25, 0.3) is 0 Å². The van der Waals surface area contributed by atoms with Gasteiger partial charge in [-0.1, -0.05) is 18.2 Å². The molecule has 1 atom stereocenters. The van der Waals surface area contributed by atoms with Crippen LogP contribution in [-0.2, 0) is 11.2 Å². The van der Waals surface area contributed by atoms with E-state index in [0.717, 1.165) is 5.56 Å². The quantitative estimate of drug-likeness (QED) is 0.680. The van der Waals surface area contributed by atoms with Gasteiger partial charge in [-0.05, 0) is 36.2 Å². The maximum Gasteiger partial charge on any atom is 0.241 e. The first kappa shape index (κ1) is 13.9. The molecule has 0 radical (unpaired) electrons. The summed E-state index contributed by atoms with van der Waals surface area (Å²) in [4.78, 5) is 11.9. The molecule has 5 N–H and O–H groups in total. The highest BCUT2D eigenvalue weighted by Crippen LogP contribution is 2.16. The SMILES string of the molecule is N[C@H](Cc1ccc(O)cc1)C(=O)Nc1cccc(O)c1. The summed E-state index contributed by atoms with van der Waals surface area (Å²) in [5.41, 5.74) is 7.19. The Balaban J connectivity index is 1.96. The molecule has 0 saturated heterocycles. The average molecular weight is 272 g/mol. The number of hydrogen-bond acceptors (Lipinski definition) is 4. The van der Waals surface area contributed by atoms with Crippen molar-refractivity contribution in [2.45, 2.75) is 12.5 Å². The Bertz CT molecular complexity index is 596. The molecule has 2 rings (SSSR count). The van der Waals surface area contributed by atoms with Gasteiger partial charge < -0.3 is 21.3 Å². The van der Waals surface area contributed by atoms with Gasteiger partial charge in [0.25, 0.3) is 0 Å². The first-order valence-electron chi connectivity index (χ1n) is 6.18. The van der Waals surface area contributed by atoms with Gasteiger partial charge in [-0.15, -0.1) is 0 Å². The van der Waals surface area contributed by atoms with Gasteiger partial charge in [-0.25, -0.2) is 0 Å². The third-order valence-electron chi connectivity index (χ3n) is 2.84. The van der Waals surface area contributed by atoms with Crippen molar-refractivity contribution in [3.05, 3.63) is 54.1 Å². The molecule has 5 nitrogen and oxygen atoms in total. The summed E-state index contributed by atoms with van der Waals surface area (Å²) in [6.45, 7) is 0. The zero-order chi connectivity index (χ0) is 14.5. The van der Waals surface area contributed by atoms with E-state index in [0.29, 0.717) is 12.1 Å². The number of aromatic hydroxyl groups is 2. The van der Waals surface area contributed by atoms with Gasteiger partial charge in [0.05, 0.1) is 6.04 Å². The molecule has 2 aromatic carbocycles. The maximum absolute atomic E-state index is 11.9. The van der Waals surface area contributed by atoms with E-state index in [1.807, 2.05) is 0 Å². The van der Waals surface area contributed by atoms with E-state index < -0.39 is 6.04 Å². The summed E-state index contributed by atoms with van der Waals surface area (Å²) >= 11 is 0. The number of benzene rings is 2. The molecule has 2 aromatic rings. The number of anilines is 1. The number of rotatable bonds is 4. The lowest BCUT2D eigenvalue weighted by Gasteiger charge is -2.12. The van der Waals surface area contributed by atoms with Crippen molar-refractivity contribution in [1.82, 2.24) is 0 Å². The van der Waals surface area contributed by atoms with Crippen LogP contribution < -0.4 is 11.1 Å². The predicted octanol–water partition coefficient (Wildman–Crippen LogP) is 1.61. The fourth-order valence-electron chi connectivity index (χ4n) is 1.80. The molecule has 0 aliphatic heterocycles. The summed E-state index contributed by atoms with van der Waals surface area (Å²) in [6, 6.07) is 12.1. The van der Waals surface area contributed by atoms with Crippen molar-refractivity contribution >= 4 is 11.6 Å². The fraction of sp³-hybridized carbons (Fsp3) is 0.133. The molecule has 1 amide bonds. The molecule has 20 heavy (non-hydrogen) atoms. The Kier molecular flexibility index (Phi) is 4.22. The van der Waals surface area contributed by atoms with Gasteiger partial charge in [-0.3, -0.25) is 4.79 Å². The zero-order valence-corrected chi connectivity index (χ0v) is 10.8. The van der Waals surface area contributed by atoms with Crippen LogP contribution in [-0.4, -0.2) is 22.2 Å². The molecule has 0 bridgehead atoms. The summed E-state index contributed by atoms with van der Waals surface area (Å²) in [5, 5.41) is 21.1.